The summed E-state index contributed by atoms with van der Waals surface area (Å²) in [4.78, 5) is 0. The van der Waals surface area contributed by atoms with Gasteiger partial charge in [0.15, 0.2) is 0 Å². The van der Waals surface area contributed by atoms with E-state index in [4.69, 9.17) is 0 Å². The van der Waals surface area contributed by atoms with Gasteiger partial charge in [-0.05, 0) is 40.8 Å². The van der Waals surface area contributed by atoms with Crippen LogP contribution in [0.5, 0.6) is 0 Å². The molecule has 1 aliphatic carbocycles. The number of benzene rings is 1. The second-order valence-corrected chi connectivity index (χ2v) is 5.79. The van der Waals surface area contributed by atoms with Crippen LogP contribution in [0.2, 0.25) is 0 Å². The van der Waals surface area contributed by atoms with Crippen LogP contribution in [0, 0.1) is 11.8 Å². The fourth-order valence-electron chi connectivity index (χ4n) is 3.05. The molecule has 0 spiro atoms. The van der Waals surface area contributed by atoms with Crippen molar-refractivity contribution < 1.29 is 0 Å². The highest BCUT2D eigenvalue weighted by molar-refractivity contribution is 5.60. The van der Waals surface area contributed by atoms with Crippen LogP contribution in [-0.2, 0) is 0 Å². The van der Waals surface area contributed by atoms with E-state index in [-0.39, 0.29) is 0 Å². The third-order valence-corrected chi connectivity index (χ3v) is 4.55. The molecular formula is C15H21N5. The molecule has 0 aliphatic heterocycles. The zero-order valence-corrected chi connectivity index (χ0v) is 12.0. The zero-order valence-electron chi connectivity index (χ0n) is 12.0. The molecule has 1 heterocycles. The largest absolute Gasteiger partial charge is 0.380 e. The van der Waals surface area contributed by atoms with Gasteiger partial charge in [-0.1, -0.05) is 38.8 Å². The lowest BCUT2D eigenvalue weighted by Gasteiger charge is -2.35. The first-order chi connectivity index (χ1) is 9.75. The van der Waals surface area contributed by atoms with Crippen molar-refractivity contribution in [2.45, 2.75) is 39.2 Å². The zero-order chi connectivity index (χ0) is 13.9. The van der Waals surface area contributed by atoms with Crippen molar-refractivity contribution in [3.63, 3.8) is 0 Å². The molecule has 106 valence electrons. The van der Waals surface area contributed by atoms with Gasteiger partial charge < -0.3 is 5.32 Å². The van der Waals surface area contributed by atoms with E-state index >= 15 is 0 Å². The molecular weight excluding hydrogens is 250 g/mol. The monoisotopic (exact) mass is 271 g/mol. The Labute approximate surface area is 119 Å². The second kappa shape index (κ2) is 5.61. The van der Waals surface area contributed by atoms with Gasteiger partial charge in [0.1, 0.15) is 6.33 Å². The summed E-state index contributed by atoms with van der Waals surface area (Å²) in [6.07, 6.45) is 5.51. The Kier molecular flexibility index (Phi) is 3.67. The Balaban J connectivity index is 1.84. The minimum atomic E-state index is 0.524. The summed E-state index contributed by atoms with van der Waals surface area (Å²) >= 11 is 0. The van der Waals surface area contributed by atoms with Crippen LogP contribution < -0.4 is 5.32 Å². The van der Waals surface area contributed by atoms with Crippen molar-refractivity contribution in [2.24, 2.45) is 11.8 Å². The first-order valence-corrected chi connectivity index (χ1v) is 7.34. The van der Waals surface area contributed by atoms with E-state index in [1.54, 1.807) is 11.0 Å². The van der Waals surface area contributed by atoms with E-state index in [0.717, 1.165) is 17.3 Å². The molecule has 1 fully saturated rings. The van der Waals surface area contributed by atoms with Gasteiger partial charge in [0.2, 0.25) is 0 Å². The summed E-state index contributed by atoms with van der Waals surface area (Å²) in [5.41, 5.74) is 2.11. The molecule has 5 nitrogen and oxygen atoms in total. The highest BCUT2D eigenvalue weighted by Gasteiger charge is 2.27. The van der Waals surface area contributed by atoms with Crippen LogP contribution in [0.1, 0.15) is 33.1 Å². The molecule has 0 saturated heterocycles. The van der Waals surface area contributed by atoms with E-state index in [2.05, 4.69) is 40.8 Å². The Morgan fingerprint density at radius 1 is 1.20 bits per heavy atom. The summed E-state index contributed by atoms with van der Waals surface area (Å²) in [6, 6.07) is 8.72. The number of nitrogens with zero attached hydrogens (tertiary/aromatic N) is 4. The van der Waals surface area contributed by atoms with Crippen molar-refractivity contribution in [1.82, 2.24) is 20.2 Å². The Hall–Kier alpha value is -1.91. The van der Waals surface area contributed by atoms with E-state index in [1.807, 2.05) is 18.2 Å². The van der Waals surface area contributed by atoms with Crippen LogP contribution in [-0.4, -0.2) is 26.2 Å². The first-order valence-electron chi connectivity index (χ1n) is 7.34. The van der Waals surface area contributed by atoms with Crippen LogP contribution in [0.25, 0.3) is 5.69 Å². The maximum Gasteiger partial charge on any atom is 0.143 e. The van der Waals surface area contributed by atoms with Crippen LogP contribution in [0.3, 0.4) is 0 Å². The molecule has 1 aliphatic rings. The Morgan fingerprint density at radius 3 is 2.85 bits per heavy atom. The normalized spacial score (nSPS) is 26.4. The van der Waals surface area contributed by atoms with Gasteiger partial charge in [-0.2, -0.15) is 4.68 Å². The summed E-state index contributed by atoms with van der Waals surface area (Å²) < 4.78 is 1.71. The predicted molar refractivity (Wildman–Crippen MR) is 78.7 cm³/mol. The fraction of sp³-hybridized carbons (Fsp3) is 0.533. The number of para-hydroxylation sites is 2. The molecule has 3 atom stereocenters. The lowest BCUT2D eigenvalue weighted by atomic mass is 9.78. The number of hydrogen-bond donors (Lipinski definition) is 1. The second-order valence-electron chi connectivity index (χ2n) is 5.79. The SMILES string of the molecule is CC1CCCC(Nc2ccccc2-n2cnnn2)C1C. The lowest BCUT2D eigenvalue weighted by molar-refractivity contribution is 0.253. The van der Waals surface area contributed by atoms with Gasteiger partial charge in [0.25, 0.3) is 0 Å². The van der Waals surface area contributed by atoms with E-state index in [0.29, 0.717) is 12.0 Å². The topological polar surface area (TPSA) is 55.6 Å². The molecule has 0 bridgehead atoms. The van der Waals surface area contributed by atoms with Gasteiger partial charge >= 0.3 is 0 Å². The molecule has 2 aromatic rings. The van der Waals surface area contributed by atoms with Crippen molar-refractivity contribution >= 4 is 5.69 Å². The van der Waals surface area contributed by atoms with Gasteiger partial charge in [-0.25, -0.2) is 0 Å². The molecule has 1 aromatic carbocycles. The predicted octanol–water partition coefficient (Wildman–Crippen LogP) is 2.90. The molecule has 3 rings (SSSR count). The maximum absolute atomic E-state index is 3.99. The fourth-order valence-corrected chi connectivity index (χ4v) is 3.05. The summed E-state index contributed by atoms with van der Waals surface area (Å²) in [5, 5.41) is 15.1. The summed E-state index contributed by atoms with van der Waals surface area (Å²) in [6.45, 7) is 4.70. The van der Waals surface area contributed by atoms with Gasteiger partial charge in [0, 0.05) is 6.04 Å². The number of rotatable bonds is 3. The maximum atomic E-state index is 3.99. The number of aromatic nitrogens is 4. The van der Waals surface area contributed by atoms with Gasteiger partial charge in [-0.15, -0.1) is 5.10 Å². The molecule has 1 saturated carbocycles. The molecule has 5 heteroatoms. The molecule has 0 amide bonds. The summed E-state index contributed by atoms with van der Waals surface area (Å²) in [7, 11) is 0. The smallest absolute Gasteiger partial charge is 0.143 e. The summed E-state index contributed by atoms with van der Waals surface area (Å²) in [5.74, 6) is 1.46. The Morgan fingerprint density at radius 2 is 2.05 bits per heavy atom. The van der Waals surface area contributed by atoms with Crippen LogP contribution in [0.15, 0.2) is 30.6 Å². The minimum Gasteiger partial charge on any atom is -0.380 e. The first kappa shape index (κ1) is 13.1. The van der Waals surface area contributed by atoms with Crippen molar-refractivity contribution in [3.8, 4) is 5.69 Å². The average Bonchev–Trinajstić information content (AvgIpc) is 2.98. The minimum absolute atomic E-state index is 0.524. The highest BCUT2D eigenvalue weighted by Crippen LogP contribution is 2.32. The lowest BCUT2D eigenvalue weighted by Crippen LogP contribution is -2.35. The number of nitrogens with one attached hydrogen (secondary N) is 1. The molecule has 1 N–H and O–H groups in total. The Bertz CT molecular complexity index is 551. The highest BCUT2D eigenvalue weighted by atomic mass is 15.5. The number of hydrogen-bond acceptors (Lipinski definition) is 4. The van der Waals surface area contributed by atoms with Gasteiger partial charge in [0.05, 0.1) is 11.4 Å². The van der Waals surface area contributed by atoms with E-state index in [1.165, 1.54) is 19.3 Å². The van der Waals surface area contributed by atoms with Crippen molar-refractivity contribution in [3.05, 3.63) is 30.6 Å². The number of tetrazole rings is 1. The van der Waals surface area contributed by atoms with Crippen LogP contribution >= 0.6 is 0 Å². The molecule has 0 radical (unpaired) electrons. The quantitative estimate of drug-likeness (QED) is 0.932. The molecule has 3 unspecified atom stereocenters. The van der Waals surface area contributed by atoms with Crippen molar-refractivity contribution in [1.29, 1.82) is 0 Å². The molecule has 1 aromatic heterocycles. The number of anilines is 1. The third kappa shape index (κ3) is 2.53. The average molecular weight is 271 g/mol. The van der Waals surface area contributed by atoms with Gasteiger partial charge in [-0.3, -0.25) is 0 Å². The van der Waals surface area contributed by atoms with E-state index in [9.17, 15) is 0 Å². The molecule has 20 heavy (non-hydrogen) atoms. The van der Waals surface area contributed by atoms with Crippen molar-refractivity contribution in [2.75, 3.05) is 5.32 Å². The van der Waals surface area contributed by atoms with Crippen LogP contribution in [0.4, 0.5) is 5.69 Å². The van der Waals surface area contributed by atoms with E-state index < -0.39 is 0 Å². The standard InChI is InChI=1S/C15H21N5/c1-11-6-5-8-13(12(11)2)17-14-7-3-4-9-15(14)20-10-16-18-19-20/h3-4,7,9-13,17H,5-6,8H2,1-2H3. The third-order valence-electron chi connectivity index (χ3n) is 4.55.